The Morgan fingerprint density at radius 3 is 2.48 bits per heavy atom. The number of benzene rings is 1. The second-order valence-corrected chi connectivity index (χ2v) is 6.59. The van der Waals surface area contributed by atoms with Crippen LogP contribution in [0.25, 0.3) is 11.3 Å². The molecular formula is C21H22N4O3S. The zero-order valence-corrected chi connectivity index (χ0v) is 17.3. The van der Waals surface area contributed by atoms with Crippen molar-refractivity contribution < 1.29 is 14.2 Å². The van der Waals surface area contributed by atoms with Crippen molar-refractivity contribution in [2.45, 2.75) is 0 Å². The summed E-state index contributed by atoms with van der Waals surface area (Å²) in [5.41, 5.74) is 2.44. The fourth-order valence-electron chi connectivity index (χ4n) is 2.66. The van der Waals surface area contributed by atoms with E-state index in [1.165, 1.54) is 11.3 Å². The molecule has 29 heavy (non-hydrogen) atoms. The summed E-state index contributed by atoms with van der Waals surface area (Å²) in [6.45, 7) is 4.23. The number of thiazole rings is 1. The van der Waals surface area contributed by atoms with E-state index in [9.17, 15) is 0 Å². The van der Waals surface area contributed by atoms with Gasteiger partial charge in [-0.2, -0.15) is 5.10 Å². The first-order valence-corrected chi connectivity index (χ1v) is 9.67. The Morgan fingerprint density at radius 1 is 1.14 bits per heavy atom. The molecule has 0 saturated carbocycles. The van der Waals surface area contributed by atoms with Gasteiger partial charge < -0.3 is 14.2 Å². The third-order valence-electron chi connectivity index (χ3n) is 3.99. The maximum absolute atomic E-state index is 5.49. The summed E-state index contributed by atoms with van der Waals surface area (Å²) in [4.78, 5) is 9.57. The molecule has 0 N–H and O–H groups in total. The van der Waals surface area contributed by atoms with Gasteiger partial charge in [-0.15, -0.1) is 17.9 Å². The van der Waals surface area contributed by atoms with Crippen molar-refractivity contribution in [2.24, 2.45) is 10.1 Å². The van der Waals surface area contributed by atoms with Gasteiger partial charge in [0.15, 0.2) is 11.5 Å². The molecule has 1 aromatic carbocycles. The van der Waals surface area contributed by atoms with E-state index in [1.807, 2.05) is 35.7 Å². The molecule has 150 valence electrons. The minimum absolute atomic E-state index is 0.494. The molecule has 0 aliphatic rings. The van der Waals surface area contributed by atoms with Crippen LogP contribution in [0.3, 0.4) is 0 Å². The Labute approximate surface area is 173 Å². The Bertz CT molecular complexity index is 1050. The van der Waals surface area contributed by atoms with Gasteiger partial charge >= 0.3 is 0 Å². The van der Waals surface area contributed by atoms with Crippen LogP contribution in [-0.4, -0.2) is 43.7 Å². The van der Waals surface area contributed by atoms with E-state index < -0.39 is 0 Å². The SMILES string of the molecule is C=CCN=c1scc(-c2cc(OC)c(OC)c(OC)c2)n1N=Cc1ccccn1. The average Bonchev–Trinajstić information content (AvgIpc) is 3.18. The summed E-state index contributed by atoms with van der Waals surface area (Å²) >= 11 is 1.48. The minimum Gasteiger partial charge on any atom is -0.493 e. The number of methoxy groups -OCH3 is 3. The zero-order chi connectivity index (χ0) is 20.6. The molecule has 0 aliphatic carbocycles. The highest BCUT2D eigenvalue weighted by atomic mass is 32.1. The van der Waals surface area contributed by atoms with Crippen LogP contribution in [0.2, 0.25) is 0 Å². The molecule has 0 saturated heterocycles. The van der Waals surface area contributed by atoms with Crippen molar-refractivity contribution >= 4 is 17.6 Å². The van der Waals surface area contributed by atoms with Gasteiger partial charge in [0.05, 0.1) is 45.5 Å². The van der Waals surface area contributed by atoms with E-state index in [-0.39, 0.29) is 0 Å². The molecule has 0 atom stereocenters. The summed E-state index contributed by atoms with van der Waals surface area (Å²) in [7, 11) is 4.76. The van der Waals surface area contributed by atoms with E-state index >= 15 is 0 Å². The zero-order valence-electron chi connectivity index (χ0n) is 16.5. The van der Waals surface area contributed by atoms with Crippen LogP contribution in [0.5, 0.6) is 17.2 Å². The molecule has 3 rings (SSSR count). The first kappa shape index (κ1) is 20.3. The summed E-state index contributed by atoms with van der Waals surface area (Å²) < 4.78 is 18.2. The van der Waals surface area contributed by atoms with Gasteiger partial charge in [0, 0.05) is 17.1 Å². The van der Waals surface area contributed by atoms with Crippen LogP contribution in [0.15, 0.2) is 64.7 Å². The molecule has 3 aromatic rings. The lowest BCUT2D eigenvalue weighted by molar-refractivity contribution is 0.324. The number of hydrogen-bond acceptors (Lipinski definition) is 7. The van der Waals surface area contributed by atoms with Gasteiger partial charge in [0.25, 0.3) is 0 Å². The van der Waals surface area contributed by atoms with E-state index in [0.29, 0.717) is 23.8 Å². The summed E-state index contributed by atoms with van der Waals surface area (Å²) in [5, 5.41) is 6.60. The quantitative estimate of drug-likeness (QED) is 0.420. The summed E-state index contributed by atoms with van der Waals surface area (Å²) in [5.74, 6) is 1.67. The van der Waals surface area contributed by atoms with Gasteiger partial charge in [-0.25, -0.2) is 4.68 Å². The maximum atomic E-state index is 5.49. The summed E-state index contributed by atoms with van der Waals surface area (Å²) in [6, 6.07) is 9.42. The highest BCUT2D eigenvalue weighted by molar-refractivity contribution is 7.07. The molecule has 2 aromatic heterocycles. The standard InChI is InChI=1S/C21H22N4O3S/c1-5-9-23-21-25(24-13-16-8-6-7-10-22-16)17(14-29-21)15-11-18(26-2)20(28-4)19(12-15)27-3/h5-8,10-14H,1,9H2,2-4H3. The highest BCUT2D eigenvalue weighted by Crippen LogP contribution is 2.41. The Morgan fingerprint density at radius 2 is 1.90 bits per heavy atom. The Hall–Kier alpha value is -3.39. The lowest BCUT2D eigenvalue weighted by Crippen LogP contribution is -2.12. The van der Waals surface area contributed by atoms with Crippen molar-refractivity contribution in [1.29, 1.82) is 0 Å². The topological polar surface area (TPSA) is 70.2 Å². The molecular weight excluding hydrogens is 388 g/mol. The van der Waals surface area contributed by atoms with Crippen LogP contribution in [0.4, 0.5) is 0 Å². The van der Waals surface area contributed by atoms with Gasteiger partial charge in [-0.3, -0.25) is 9.98 Å². The predicted octanol–water partition coefficient (Wildman–Crippen LogP) is 3.61. The average molecular weight is 410 g/mol. The van der Waals surface area contributed by atoms with Crippen molar-refractivity contribution in [1.82, 2.24) is 9.66 Å². The lowest BCUT2D eigenvalue weighted by Gasteiger charge is -2.14. The Kier molecular flexibility index (Phi) is 6.80. The molecule has 8 heteroatoms. The van der Waals surface area contributed by atoms with Gasteiger partial charge in [0.1, 0.15) is 0 Å². The molecule has 0 radical (unpaired) electrons. The smallest absolute Gasteiger partial charge is 0.206 e. The molecule has 0 spiro atoms. The first-order chi connectivity index (χ1) is 14.2. The van der Waals surface area contributed by atoms with Crippen LogP contribution in [0, 0.1) is 0 Å². The second-order valence-electron chi connectivity index (χ2n) is 5.76. The van der Waals surface area contributed by atoms with Crippen LogP contribution in [-0.2, 0) is 0 Å². The second kappa shape index (κ2) is 9.70. The molecule has 0 unspecified atom stereocenters. The van der Waals surface area contributed by atoms with Crippen LogP contribution < -0.4 is 19.0 Å². The number of hydrogen-bond donors (Lipinski definition) is 0. The molecule has 2 heterocycles. The summed E-state index contributed by atoms with van der Waals surface area (Å²) in [6.07, 6.45) is 5.16. The number of aromatic nitrogens is 2. The molecule has 0 bridgehead atoms. The van der Waals surface area contributed by atoms with Gasteiger partial charge in [-0.05, 0) is 24.3 Å². The van der Waals surface area contributed by atoms with Crippen LogP contribution >= 0.6 is 11.3 Å². The highest BCUT2D eigenvalue weighted by Gasteiger charge is 2.16. The first-order valence-electron chi connectivity index (χ1n) is 8.79. The monoisotopic (exact) mass is 410 g/mol. The largest absolute Gasteiger partial charge is 0.493 e. The third-order valence-corrected chi connectivity index (χ3v) is 4.85. The molecule has 7 nitrogen and oxygen atoms in total. The molecule has 0 amide bonds. The molecule has 0 aliphatic heterocycles. The van der Waals surface area contributed by atoms with Gasteiger partial charge in [-0.1, -0.05) is 12.1 Å². The van der Waals surface area contributed by atoms with E-state index in [0.717, 1.165) is 21.8 Å². The number of pyridine rings is 1. The van der Waals surface area contributed by atoms with Crippen molar-refractivity contribution in [2.75, 3.05) is 27.9 Å². The third kappa shape index (κ3) is 4.55. The van der Waals surface area contributed by atoms with E-state index in [4.69, 9.17) is 14.2 Å². The molecule has 0 fully saturated rings. The van der Waals surface area contributed by atoms with E-state index in [2.05, 4.69) is 21.7 Å². The number of nitrogens with zero attached hydrogens (tertiary/aromatic N) is 4. The predicted molar refractivity (Wildman–Crippen MR) is 115 cm³/mol. The van der Waals surface area contributed by atoms with Crippen molar-refractivity contribution in [3.05, 3.63) is 65.1 Å². The number of ether oxygens (including phenoxy) is 3. The fraction of sp³-hybridized carbons (Fsp3) is 0.190. The minimum atomic E-state index is 0.494. The maximum Gasteiger partial charge on any atom is 0.206 e. The van der Waals surface area contributed by atoms with E-state index in [1.54, 1.807) is 44.5 Å². The van der Waals surface area contributed by atoms with Crippen molar-refractivity contribution in [3.8, 4) is 28.5 Å². The Balaban J connectivity index is 2.16. The lowest BCUT2D eigenvalue weighted by atomic mass is 10.1. The van der Waals surface area contributed by atoms with Gasteiger partial charge in [0.2, 0.25) is 10.6 Å². The van der Waals surface area contributed by atoms with Crippen LogP contribution in [0.1, 0.15) is 5.69 Å². The normalized spacial score (nSPS) is 11.6. The fourth-order valence-corrected chi connectivity index (χ4v) is 3.51. The number of rotatable bonds is 8. The van der Waals surface area contributed by atoms with Crippen molar-refractivity contribution in [3.63, 3.8) is 0 Å².